The molecule has 13 heteroatoms. The molecule has 0 unspecified atom stereocenters. The van der Waals surface area contributed by atoms with E-state index in [-0.39, 0.29) is 6.61 Å². The molecule has 30 heavy (non-hydrogen) atoms. The maximum Gasteiger partial charge on any atom is 0.471 e. The highest BCUT2D eigenvalue weighted by atomic mass is 19.4. The number of amides is 1. The average molecular weight is 430 g/mol. The van der Waals surface area contributed by atoms with Crippen LogP contribution in [0.5, 0.6) is 5.88 Å². The van der Waals surface area contributed by atoms with E-state index < -0.39 is 46.9 Å². The largest absolute Gasteiger partial charge is 0.481 e. The fourth-order valence-electron chi connectivity index (χ4n) is 2.18. The van der Waals surface area contributed by atoms with Gasteiger partial charge in [0.1, 0.15) is 12.3 Å². The van der Waals surface area contributed by atoms with Crippen molar-refractivity contribution in [3.05, 3.63) is 53.6 Å². The molecule has 0 spiro atoms. The summed E-state index contributed by atoms with van der Waals surface area (Å²) in [7, 11) is 1.42. The van der Waals surface area contributed by atoms with Gasteiger partial charge in [0, 0.05) is 23.4 Å². The molecule has 2 heterocycles. The number of rotatable bonds is 5. The number of aromatic nitrogens is 3. The Morgan fingerprint density at radius 2 is 1.90 bits per heavy atom. The van der Waals surface area contributed by atoms with Crippen molar-refractivity contribution in [2.75, 3.05) is 12.4 Å². The minimum absolute atomic E-state index is 0.243. The minimum atomic E-state index is -4.91. The zero-order valence-electron chi connectivity index (χ0n) is 15.0. The summed E-state index contributed by atoms with van der Waals surface area (Å²) in [6.45, 7) is -0.243. The van der Waals surface area contributed by atoms with Crippen LogP contribution in [0.3, 0.4) is 0 Å². The summed E-state index contributed by atoms with van der Waals surface area (Å²) >= 11 is 0. The smallest absolute Gasteiger partial charge is 0.471 e. The normalized spacial score (nSPS) is 11.3. The first-order valence-electron chi connectivity index (χ1n) is 8.00. The Morgan fingerprint density at radius 3 is 2.43 bits per heavy atom. The number of carbonyl (C=O) groups excluding carboxylic acids is 1. The third-order valence-corrected chi connectivity index (χ3v) is 3.57. The number of halogens is 5. The van der Waals surface area contributed by atoms with Crippen molar-refractivity contribution in [1.82, 2.24) is 15.1 Å². The molecule has 0 atom stereocenters. The van der Waals surface area contributed by atoms with E-state index in [2.05, 4.69) is 19.6 Å². The summed E-state index contributed by atoms with van der Waals surface area (Å²) in [5.74, 6) is -4.58. The Morgan fingerprint density at radius 1 is 1.20 bits per heavy atom. The second-order valence-corrected chi connectivity index (χ2v) is 5.65. The van der Waals surface area contributed by atoms with Crippen LogP contribution in [0.25, 0.3) is 11.4 Å². The molecule has 158 valence electrons. The van der Waals surface area contributed by atoms with E-state index in [1.165, 1.54) is 19.4 Å². The molecule has 0 aliphatic rings. The fraction of sp³-hybridized carbons (Fsp3) is 0.176. The predicted octanol–water partition coefficient (Wildman–Crippen LogP) is 4.19. The van der Waals surface area contributed by atoms with Gasteiger partial charge in [-0.25, -0.2) is 18.6 Å². The van der Waals surface area contributed by atoms with Gasteiger partial charge in [0.15, 0.2) is 11.6 Å². The molecule has 1 N–H and O–H groups in total. The van der Waals surface area contributed by atoms with Crippen LogP contribution in [-0.2, 0) is 17.5 Å². The molecule has 8 nitrogen and oxygen atoms in total. The van der Waals surface area contributed by atoms with Crippen molar-refractivity contribution in [1.29, 1.82) is 0 Å². The first kappa shape index (κ1) is 21.0. The number of benzene rings is 1. The van der Waals surface area contributed by atoms with E-state index in [9.17, 15) is 26.7 Å². The van der Waals surface area contributed by atoms with Crippen LogP contribution in [0.2, 0.25) is 0 Å². The first-order chi connectivity index (χ1) is 14.2. The lowest BCUT2D eigenvalue weighted by atomic mass is 10.1. The number of hydrogen-bond acceptors (Lipinski definition) is 7. The molecule has 0 aliphatic carbocycles. The molecule has 0 saturated carbocycles. The van der Waals surface area contributed by atoms with Crippen molar-refractivity contribution in [3.8, 4) is 17.3 Å². The summed E-state index contributed by atoms with van der Waals surface area (Å²) in [5, 5.41) is 4.91. The maximum atomic E-state index is 14.2. The van der Waals surface area contributed by atoms with Crippen molar-refractivity contribution in [2.24, 2.45) is 0 Å². The molecule has 0 saturated heterocycles. The Hall–Kier alpha value is -3.77. The molecule has 1 amide bonds. The number of nitrogens with zero attached hydrogens (tertiary/aromatic N) is 3. The van der Waals surface area contributed by atoms with Crippen LogP contribution < -0.4 is 10.1 Å². The van der Waals surface area contributed by atoms with Gasteiger partial charge in [-0.05, 0) is 18.2 Å². The molecule has 0 bridgehead atoms. The zero-order chi connectivity index (χ0) is 21.9. The van der Waals surface area contributed by atoms with E-state index >= 15 is 0 Å². The Kier molecular flexibility index (Phi) is 5.80. The zero-order valence-corrected chi connectivity index (χ0v) is 15.0. The minimum Gasteiger partial charge on any atom is -0.481 e. The lowest BCUT2D eigenvalue weighted by molar-refractivity contribution is -0.159. The van der Waals surface area contributed by atoms with Gasteiger partial charge in [-0.2, -0.15) is 18.2 Å². The highest BCUT2D eigenvalue weighted by Gasteiger charge is 2.38. The number of methoxy groups -OCH3 is 1. The molecule has 0 fully saturated rings. The molecular formula is C17H11F5N4O4. The number of carbonyl (C=O) groups is 1. The first-order valence-corrected chi connectivity index (χ1v) is 8.00. The lowest BCUT2D eigenvalue weighted by Gasteiger charge is -2.10. The Bertz CT molecular complexity index is 1030. The third kappa shape index (κ3) is 4.79. The third-order valence-electron chi connectivity index (χ3n) is 3.57. The molecular weight excluding hydrogens is 419 g/mol. The predicted molar refractivity (Wildman–Crippen MR) is 89.2 cm³/mol. The van der Waals surface area contributed by atoms with Gasteiger partial charge in [0.2, 0.25) is 11.7 Å². The summed E-state index contributed by atoms with van der Waals surface area (Å²) in [5.41, 5.74) is -0.802. The summed E-state index contributed by atoms with van der Waals surface area (Å²) in [4.78, 5) is 18.7. The second-order valence-electron chi connectivity index (χ2n) is 5.65. The van der Waals surface area contributed by atoms with E-state index in [0.717, 1.165) is 0 Å². The van der Waals surface area contributed by atoms with Crippen molar-refractivity contribution in [2.45, 2.75) is 12.8 Å². The van der Waals surface area contributed by atoms with Crippen LogP contribution >= 0.6 is 0 Å². The summed E-state index contributed by atoms with van der Waals surface area (Å²) in [6, 6.07) is 4.36. The molecule has 3 aromatic rings. The quantitative estimate of drug-likeness (QED) is 0.606. The van der Waals surface area contributed by atoms with Gasteiger partial charge in [-0.15, -0.1) is 0 Å². The van der Waals surface area contributed by atoms with Gasteiger partial charge in [-0.1, -0.05) is 5.16 Å². The second kappa shape index (κ2) is 8.31. The number of ether oxygens (including phenoxy) is 2. The Labute approximate surface area is 164 Å². The van der Waals surface area contributed by atoms with Crippen molar-refractivity contribution >= 4 is 11.8 Å². The maximum absolute atomic E-state index is 14.2. The highest BCUT2D eigenvalue weighted by molar-refractivity contribution is 5.85. The van der Waals surface area contributed by atoms with Crippen LogP contribution in [-0.4, -0.2) is 28.3 Å². The average Bonchev–Trinajstić information content (AvgIpc) is 3.20. The van der Waals surface area contributed by atoms with Crippen molar-refractivity contribution in [3.63, 3.8) is 0 Å². The molecule has 1 aromatic carbocycles. The van der Waals surface area contributed by atoms with E-state index in [0.29, 0.717) is 23.6 Å². The topological polar surface area (TPSA) is 99.4 Å². The van der Waals surface area contributed by atoms with Gasteiger partial charge in [0.25, 0.3) is 0 Å². The van der Waals surface area contributed by atoms with Gasteiger partial charge >= 0.3 is 18.2 Å². The number of hydrogen-bond donors (Lipinski definition) is 1. The lowest BCUT2D eigenvalue weighted by Crippen LogP contribution is -2.16. The van der Waals surface area contributed by atoms with Crippen LogP contribution in [0.15, 0.2) is 35.0 Å². The molecule has 3 rings (SSSR count). The van der Waals surface area contributed by atoms with Gasteiger partial charge in [-0.3, -0.25) is 5.32 Å². The van der Waals surface area contributed by atoms with E-state index in [1.807, 2.05) is 5.32 Å². The van der Waals surface area contributed by atoms with E-state index in [1.54, 1.807) is 6.07 Å². The van der Waals surface area contributed by atoms with Crippen LogP contribution in [0.1, 0.15) is 11.5 Å². The monoisotopic (exact) mass is 430 g/mol. The summed E-state index contributed by atoms with van der Waals surface area (Å²) < 4.78 is 79.6. The number of pyridine rings is 1. The number of alkyl halides is 3. The molecule has 0 radical (unpaired) electrons. The molecule has 2 aromatic heterocycles. The van der Waals surface area contributed by atoms with Crippen LogP contribution in [0, 0.1) is 11.6 Å². The van der Waals surface area contributed by atoms with Crippen LogP contribution in [0.4, 0.5) is 32.4 Å². The highest BCUT2D eigenvalue weighted by Crippen LogP contribution is 2.31. The van der Waals surface area contributed by atoms with E-state index in [4.69, 9.17) is 9.47 Å². The summed E-state index contributed by atoms with van der Waals surface area (Å²) in [6.07, 6.45) is -4.70. The SMILES string of the molecule is COc1ccc(COC(=O)Nc2c(F)cc(-c3noc(C(F)(F)F)n3)cc2F)cn1. The number of nitrogens with one attached hydrogen (secondary N) is 1. The van der Waals surface area contributed by atoms with Gasteiger partial charge < -0.3 is 14.0 Å². The van der Waals surface area contributed by atoms with Crippen molar-refractivity contribution < 1.29 is 40.7 Å². The fourth-order valence-corrected chi connectivity index (χ4v) is 2.18. The standard InChI is InChI=1S/C17H11F5N4O4/c1-28-12-3-2-8(6-23-12)7-29-16(27)24-13-10(18)4-9(5-11(13)19)14-25-15(30-26-14)17(20,21)22/h2-6H,7H2,1H3,(H,24,27). The van der Waals surface area contributed by atoms with Gasteiger partial charge in [0.05, 0.1) is 7.11 Å². The number of anilines is 1. The molecule has 0 aliphatic heterocycles. The Balaban J connectivity index is 1.69.